The van der Waals surface area contributed by atoms with Crippen LogP contribution in [0.4, 0.5) is 0 Å². The smallest absolute Gasteiger partial charge is 0.0891 e. The van der Waals surface area contributed by atoms with Crippen LogP contribution in [0.2, 0.25) is 0 Å². The molecule has 0 unspecified atom stereocenters. The van der Waals surface area contributed by atoms with Gasteiger partial charge in [-0.1, -0.05) is 12.2 Å². The van der Waals surface area contributed by atoms with E-state index in [0.29, 0.717) is 18.2 Å². The van der Waals surface area contributed by atoms with Gasteiger partial charge in [-0.3, -0.25) is 0 Å². The normalized spacial score (nSPS) is 19.9. The van der Waals surface area contributed by atoms with Crippen LogP contribution in [0, 0.1) is 0 Å². The Morgan fingerprint density at radius 1 is 1.33 bits per heavy atom. The average Bonchev–Trinajstić information content (AvgIpc) is 2.39. The summed E-state index contributed by atoms with van der Waals surface area (Å²) in [6.07, 6.45) is 4.19. The van der Waals surface area contributed by atoms with Crippen molar-refractivity contribution in [2.45, 2.75) is 17.6 Å². The number of rotatable bonds is 8. The van der Waals surface area contributed by atoms with E-state index in [1.807, 2.05) is 0 Å². The maximum Gasteiger partial charge on any atom is 0.0891 e. The van der Waals surface area contributed by atoms with Gasteiger partial charge in [0.15, 0.2) is 0 Å². The predicted octanol–water partition coefficient (Wildman–Crippen LogP) is 1.13. The van der Waals surface area contributed by atoms with E-state index in [1.54, 1.807) is 18.9 Å². The molecule has 0 amide bonds. The highest BCUT2D eigenvalue weighted by molar-refractivity contribution is 8.02. The molecule has 0 bridgehead atoms. The summed E-state index contributed by atoms with van der Waals surface area (Å²) in [7, 11) is 1.69. The molecule has 0 aromatic heterocycles. The lowest BCUT2D eigenvalue weighted by atomic mass is 9.95. The quantitative estimate of drug-likeness (QED) is 0.535. The molecule has 0 aromatic carbocycles. The summed E-state index contributed by atoms with van der Waals surface area (Å²) in [5.74, 6) is 0. The standard InChI is InChI=1S/C12H24N2O2S2/c1-15-9-10-16-8-7-14-5-3-12(18-2,4-6-14)11(13)17/h3-10H2,1-2H3,(H2,13,17). The van der Waals surface area contributed by atoms with Crippen LogP contribution in [0.1, 0.15) is 12.8 Å². The summed E-state index contributed by atoms with van der Waals surface area (Å²) >= 11 is 7.00. The van der Waals surface area contributed by atoms with Crippen LogP contribution >= 0.6 is 24.0 Å². The molecule has 2 N–H and O–H groups in total. The van der Waals surface area contributed by atoms with Gasteiger partial charge in [0.2, 0.25) is 0 Å². The summed E-state index contributed by atoms with van der Waals surface area (Å²) in [6, 6.07) is 0. The fraction of sp³-hybridized carbons (Fsp3) is 0.917. The van der Waals surface area contributed by atoms with Crippen LogP contribution in [-0.4, -0.2) is 67.5 Å². The first-order valence-corrected chi connectivity index (χ1v) is 7.92. The number of hydrogen-bond acceptors (Lipinski definition) is 5. The molecule has 1 aliphatic heterocycles. The second-order valence-corrected chi connectivity index (χ2v) is 6.14. The number of ether oxygens (including phenoxy) is 2. The highest BCUT2D eigenvalue weighted by Crippen LogP contribution is 2.34. The van der Waals surface area contributed by atoms with E-state index >= 15 is 0 Å². The zero-order valence-electron chi connectivity index (χ0n) is 11.3. The third-order valence-corrected chi connectivity index (χ3v) is 5.42. The Kier molecular flexibility index (Phi) is 7.48. The van der Waals surface area contributed by atoms with Crippen LogP contribution in [0.3, 0.4) is 0 Å². The number of nitrogens with zero attached hydrogens (tertiary/aromatic N) is 1. The minimum absolute atomic E-state index is 0.0166. The topological polar surface area (TPSA) is 47.7 Å². The highest BCUT2D eigenvalue weighted by Gasteiger charge is 2.36. The number of methoxy groups -OCH3 is 1. The van der Waals surface area contributed by atoms with E-state index in [9.17, 15) is 0 Å². The van der Waals surface area contributed by atoms with Crippen molar-refractivity contribution in [3.05, 3.63) is 0 Å². The van der Waals surface area contributed by atoms with Gasteiger partial charge in [-0.25, -0.2) is 0 Å². The van der Waals surface area contributed by atoms with Gasteiger partial charge in [0.1, 0.15) is 0 Å². The van der Waals surface area contributed by atoms with E-state index < -0.39 is 0 Å². The summed E-state index contributed by atoms with van der Waals surface area (Å²) in [4.78, 5) is 3.07. The molecule has 0 aromatic rings. The minimum Gasteiger partial charge on any atom is -0.392 e. The summed E-state index contributed by atoms with van der Waals surface area (Å²) in [5.41, 5.74) is 5.87. The number of piperidine rings is 1. The Morgan fingerprint density at radius 2 is 2.00 bits per heavy atom. The Labute approximate surface area is 120 Å². The number of nitrogens with two attached hydrogens (primary N) is 1. The summed E-state index contributed by atoms with van der Waals surface area (Å²) in [5, 5.41) is 0. The first kappa shape index (κ1) is 16.2. The number of likely N-dealkylation sites (tertiary alicyclic amines) is 1. The Hall–Kier alpha value is 0.120. The van der Waals surface area contributed by atoms with E-state index in [-0.39, 0.29) is 4.75 Å². The Bertz CT molecular complexity index is 256. The largest absolute Gasteiger partial charge is 0.392 e. The van der Waals surface area contributed by atoms with Crippen molar-refractivity contribution in [1.82, 2.24) is 4.90 Å². The second kappa shape index (κ2) is 8.32. The van der Waals surface area contributed by atoms with Crippen LogP contribution in [0.25, 0.3) is 0 Å². The molecule has 0 saturated carbocycles. The molecule has 4 nitrogen and oxygen atoms in total. The zero-order chi connectivity index (χ0) is 13.4. The van der Waals surface area contributed by atoms with Crippen LogP contribution < -0.4 is 5.73 Å². The van der Waals surface area contributed by atoms with Crippen molar-refractivity contribution >= 4 is 29.0 Å². The van der Waals surface area contributed by atoms with Gasteiger partial charge in [-0.05, 0) is 32.2 Å². The van der Waals surface area contributed by atoms with Crippen molar-refractivity contribution < 1.29 is 9.47 Å². The molecular weight excluding hydrogens is 268 g/mol. The number of thioether (sulfide) groups is 1. The highest BCUT2D eigenvalue weighted by atomic mass is 32.2. The van der Waals surface area contributed by atoms with Gasteiger partial charge in [0.25, 0.3) is 0 Å². The molecule has 106 valence electrons. The second-order valence-electron chi connectivity index (χ2n) is 4.51. The van der Waals surface area contributed by atoms with E-state index in [2.05, 4.69) is 11.2 Å². The van der Waals surface area contributed by atoms with E-state index in [0.717, 1.165) is 39.1 Å². The van der Waals surface area contributed by atoms with Gasteiger partial charge in [-0.2, -0.15) is 11.8 Å². The molecule has 0 aliphatic carbocycles. The Morgan fingerprint density at radius 3 is 2.50 bits per heavy atom. The van der Waals surface area contributed by atoms with Crippen LogP contribution in [-0.2, 0) is 9.47 Å². The van der Waals surface area contributed by atoms with Gasteiger partial charge in [-0.15, -0.1) is 0 Å². The maximum atomic E-state index is 5.87. The third-order valence-electron chi connectivity index (χ3n) is 3.49. The lowest BCUT2D eigenvalue weighted by Crippen LogP contribution is -2.49. The molecule has 1 fully saturated rings. The molecule has 18 heavy (non-hydrogen) atoms. The predicted molar refractivity (Wildman–Crippen MR) is 81.4 cm³/mol. The molecule has 0 atom stereocenters. The molecule has 6 heteroatoms. The van der Waals surface area contributed by atoms with Crippen molar-refractivity contribution in [1.29, 1.82) is 0 Å². The van der Waals surface area contributed by atoms with Crippen molar-refractivity contribution in [3.63, 3.8) is 0 Å². The van der Waals surface area contributed by atoms with Gasteiger partial charge >= 0.3 is 0 Å². The number of thiocarbonyl (C=S) groups is 1. The van der Waals surface area contributed by atoms with Crippen molar-refractivity contribution in [2.75, 3.05) is 52.8 Å². The van der Waals surface area contributed by atoms with Crippen LogP contribution in [0.5, 0.6) is 0 Å². The first-order valence-electron chi connectivity index (χ1n) is 6.29. The minimum atomic E-state index is 0.0166. The monoisotopic (exact) mass is 292 g/mol. The maximum absolute atomic E-state index is 5.87. The lowest BCUT2D eigenvalue weighted by molar-refractivity contribution is 0.0537. The van der Waals surface area contributed by atoms with Gasteiger partial charge in [0.05, 0.1) is 29.6 Å². The fourth-order valence-corrected chi connectivity index (χ4v) is 3.37. The molecule has 1 saturated heterocycles. The first-order chi connectivity index (χ1) is 8.64. The summed E-state index contributed by atoms with van der Waals surface area (Å²) < 4.78 is 10.4. The average molecular weight is 292 g/mol. The zero-order valence-corrected chi connectivity index (χ0v) is 12.9. The molecule has 0 spiro atoms. The van der Waals surface area contributed by atoms with Gasteiger partial charge < -0.3 is 20.1 Å². The SMILES string of the molecule is COCCOCCN1CCC(SC)(C(N)=S)CC1. The van der Waals surface area contributed by atoms with Crippen LogP contribution in [0.15, 0.2) is 0 Å². The molecule has 0 radical (unpaired) electrons. The molecular formula is C12H24N2O2S2. The van der Waals surface area contributed by atoms with E-state index in [4.69, 9.17) is 27.4 Å². The molecule has 1 aliphatic rings. The Balaban J connectivity index is 2.20. The molecule has 1 rings (SSSR count). The lowest BCUT2D eigenvalue weighted by Gasteiger charge is -2.40. The van der Waals surface area contributed by atoms with E-state index in [1.165, 1.54) is 0 Å². The van der Waals surface area contributed by atoms with Crippen molar-refractivity contribution in [2.24, 2.45) is 5.73 Å². The van der Waals surface area contributed by atoms with Crippen molar-refractivity contribution in [3.8, 4) is 0 Å². The third kappa shape index (κ3) is 4.66. The fourth-order valence-electron chi connectivity index (χ4n) is 2.13. The van der Waals surface area contributed by atoms with Gasteiger partial charge in [0, 0.05) is 13.7 Å². The molecule has 1 heterocycles. The summed E-state index contributed by atoms with van der Waals surface area (Å²) in [6.45, 7) is 5.18. The number of hydrogen-bond donors (Lipinski definition) is 1.